The van der Waals surface area contributed by atoms with Gasteiger partial charge in [-0.3, -0.25) is 4.79 Å². The van der Waals surface area contributed by atoms with Crippen LogP contribution < -0.4 is 16.0 Å². The van der Waals surface area contributed by atoms with Crippen LogP contribution in [-0.4, -0.2) is 54.4 Å². The van der Waals surface area contributed by atoms with Crippen LogP contribution in [0.3, 0.4) is 0 Å². The Balaban J connectivity index is 3.96. The van der Waals surface area contributed by atoms with Crippen LogP contribution in [0.15, 0.2) is 0 Å². The van der Waals surface area contributed by atoms with E-state index in [9.17, 15) is 14.4 Å². The van der Waals surface area contributed by atoms with Crippen LogP contribution in [-0.2, 0) is 9.59 Å². The fraction of sp³-hybridized carbons (Fsp3) is 0.700. The Morgan fingerprint density at radius 1 is 1.17 bits per heavy atom. The molecule has 18 heavy (non-hydrogen) atoms. The van der Waals surface area contributed by atoms with Crippen molar-refractivity contribution in [2.75, 3.05) is 20.1 Å². The van der Waals surface area contributed by atoms with Gasteiger partial charge in [0.15, 0.2) is 0 Å². The minimum atomic E-state index is -1.25. The van der Waals surface area contributed by atoms with Crippen molar-refractivity contribution in [3.8, 4) is 0 Å². The highest BCUT2D eigenvalue weighted by Gasteiger charge is 2.20. The predicted octanol–water partition coefficient (Wildman–Crippen LogP) is -0.787. The predicted molar refractivity (Wildman–Crippen MR) is 63.4 cm³/mol. The third kappa shape index (κ3) is 8.34. The van der Waals surface area contributed by atoms with Crippen LogP contribution in [0.2, 0.25) is 0 Å². The molecule has 0 bridgehead atoms. The van der Waals surface area contributed by atoms with Crippen molar-refractivity contribution in [3.63, 3.8) is 0 Å². The van der Waals surface area contributed by atoms with Crippen LogP contribution in [0, 0.1) is 0 Å². The summed E-state index contributed by atoms with van der Waals surface area (Å²) in [6.45, 7) is 1.15. The van der Waals surface area contributed by atoms with Gasteiger partial charge in [0, 0.05) is 13.0 Å². The van der Waals surface area contributed by atoms with E-state index in [0.717, 1.165) is 13.0 Å². The number of carboxylic acids is 2. The molecule has 0 aromatic heterocycles. The van der Waals surface area contributed by atoms with E-state index in [1.807, 2.05) is 0 Å². The second-order valence-electron chi connectivity index (χ2n) is 3.68. The molecule has 1 unspecified atom stereocenters. The number of carbonyl (C=O) groups is 3. The molecule has 0 heterocycles. The number of nitrogens with one attached hydrogen (secondary N) is 3. The highest BCUT2D eigenvalue weighted by atomic mass is 16.4. The fourth-order valence-electron chi connectivity index (χ4n) is 1.20. The Labute approximate surface area is 105 Å². The summed E-state index contributed by atoms with van der Waals surface area (Å²) in [6, 6.07) is -1.80. The fourth-order valence-corrected chi connectivity index (χ4v) is 1.20. The zero-order valence-electron chi connectivity index (χ0n) is 10.2. The number of hydrogen-bond acceptors (Lipinski definition) is 4. The van der Waals surface area contributed by atoms with E-state index in [1.165, 1.54) is 0 Å². The van der Waals surface area contributed by atoms with Gasteiger partial charge in [-0.25, -0.2) is 9.59 Å². The van der Waals surface area contributed by atoms with E-state index in [-0.39, 0.29) is 12.8 Å². The Hall–Kier alpha value is -1.83. The van der Waals surface area contributed by atoms with Gasteiger partial charge in [0.2, 0.25) is 0 Å². The maximum Gasteiger partial charge on any atom is 0.326 e. The van der Waals surface area contributed by atoms with E-state index in [1.54, 1.807) is 7.05 Å². The molecule has 8 heteroatoms. The van der Waals surface area contributed by atoms with Crippen molar-refractivity contribution < 1.29 is 24.6 Å². The molecule has 0 aromatic rings. The highest BCUT2D eigenvalue weighted by Crippen LogP contribution is 1.97. The van der Waals surface area contributed by atoms with Gasteiger partial charge in [-0.1, -0.05) is 0 Å². The molecule has 1 atom stereocenters. The van der Waals surface area contributed by atoms with Gasteiger partial charge in [-0.05, 0) is 26.4 Å². The zero-order chi connectivity index (χ0) is 14.0. The highest BCUT2D eigenvalue weighted by molar-refractivity contribution is 5.82. The Kier molecular flexibility index (Phi) is 8.29. The molecule has 0 saturated carbocycles. The minimum Gasteiger partial charge on any atom is -0.481 e. The van der Waals surface area contributed by atoms with Gasteiger partial charge < -0.3 is 26.2 Å². The summed E-state index contributed by atoms with van der Waals surface area (Å²) in [4.78, 5) is 32.4. The number of carboxylic acid groups (broad SMARTS) is 2. The number of aliphatic carboxylic acids is 2. The van der Waals surface area contributed by atoms with Crippen LogP contribution >= 0.6 is 0 Å². The van der Waals surface area contributed by atoms with E-state index in [0.29, 0.717) is 6.54 Å². The lowest BCUT2D eigenvalue weighted by molar-refractivity contribution is -0.140. The first-order valence-electron chi connectivity index (χ1n) is 5.61. The smallest absolute Gasteiger partial charge is 0.326 e. The number of hydrogen-bond donors (Lipinski definition) is 5. The normalized spacial score (nSPS) is 11.6. The van der Waals surface area contributed by atoms with Crippen molar-refractivity contribution in [3.05, 3.63) is 0 Å². The van der Waals surface area contributed by atoms with Crippen LogP contribution in [0.5, 0.6) is 0 Å². The van der Waals surface area contributed by atoms with Crippen molar-refractivity contribution >= 4 is 18.0 Å². The molecule has 0 aromatic carbocycles. The van der Waals surface area contributed by atoms with Gasteiger partial charge in [0.1, 0.15) is 6.04 Å². The summed E-state index contributed by atoms with van der Waals surface area (Å²) in [5.41, 5.74) is 0. The molecule has 2 amide bonds. The number of rotatable bonds is 9. The average molecular weight is 261 g/mol. The molecule has 104 valence electrons. The van der Waals surface area contributed by atoms with Gasteiger partial charge in [0.05, 0.1) is 0 Å². The SMILES string of the molecule is CNCCCNC(=O)NC(CCC(=O)O)C(=O)O. The summed E-state index contributed by atoms with van der Waals surface area (Å²) in [5, 5.41) is 24.9. The molecular weight excluding hydrogens is 242 g/mol. The Morgan fingerprint density at radius 2 is 1.83 bits per heavy atom. The Bertz CT molecular complexity index is 295. The molecule has 0 fully saturated rings. The standard InChI is InChI=1S/C10H19N3O5/c1-11-5-2-6-12-10(18)13-7(9(16)17)3-4-8(14)15/h7,11H,2-6H2,1H3,(H,14,15)(H,16,17)(H2,12,13,18). The lowest BCUT2D eigenvalue weighted by Gasteiger charge is -2.14. The summed E-state index contributed by atoms with van der Waals surface area (Å²) in [6.07, 6.45) is 0.266. The maximum absolute atomic E-state index is 11.3. The summed E-state index contributed by atoms with van der Waals surface area (Å²) in [7, 11) is 1.78. The first-order chi connectivity index (χ1) is 8.47. The second kappa shape index (κ2) is 9.23. The topological polar surface area (TPSA) is 128 Å². The van der Waals surface area contributed by atoms with Crippen molar-refractivity contribution in [2.45, 2.75) is 25.3 Å². The van der Waals surface area contributed by atoms with E-state index in [4.69, 9.17) is 10.2 Å². The molecule has 5 N–H and O–H groups in total. The van der Waals surface area contributed by atoms with Crippen molar-refractivity contribution in [2.24, 2.45) is 0 Å². The van der Waals surface area contributed by atoms with E-state index < -0.39 is 24.0 Å². The molecule has 8 nitrogen and oxygen atoms in total. The maximum atomic E-state index is 11.3. The minimum absolute atomic E-state index is 0.144. The van der Waals surface area contributed by atoms with E-state index >= 15 is 0 Å². The first kappa shape index (κ1) is 16.2. The molecule has 0 aliphatic rings. The molecule has 0 aliphatic heterocycles. The third-order valence-corrected chi connectivity index (χ3v) is 2.14. The lowest BCUT2D eigenvalue weighted by Crippen LogP contribution is -2.46. The van der Waals surface area contributed by atoms with Gasteiger partial charge in [-0.15, -0.1) is 0 Å². The van der Waals surface area contributed by atoms with Gasteiger partial charge in [0.25, 0.3) is 0 Å². The van der Waals surface area contributed by atoms with Crippen LogP contribution in [0.1, 0.15) is 19.3 Å². The largest absolute Gasteiger partial charge is 0.481 e. The number of amides is 2. The second-order valence-corrected chi connectivity index (χ2v) is 3.68. The summed E-state index contributed by atoms with van der Waals surface area (Å²) < 4.78 is 0. The molecule has 0 aliphatic carbocycles. The van der Waals surface area contributed by atoms with Gasteiger partial charge in [-0.2, -0.15) is 0 Å². The average Bonchev–Trinajstić information content (AvgIpc) is 2.29. The first-order valence-corrected chi connectivity index (χ1v) is 5.61. The van der Waals surface area contributed by atoms with Crippen molar-refractivity contribution in [1.29, 1.82) is 0 Å². The molecule has 0 radical (unpaired) electrons. The molecule has 0 spiro atoms. The Morgan fingerprint density at radius 3 is 2.33 bits per heavy atom. The van der Waals surface area contributed by atoms with Crippen LogP contribution in [0.25, 0.3) is 0 Å². The van der Waals surface area contributed by atoms with Crippen molar-refractivity contribution in [1.82, 2.24) is 16.0 Å². The van der Waals surface area contributed by atoms with Gasteiger partial charge >= 0.3 is 18.0 Å². The number of urea groups is 1. The molecular formula is C10H19N3O5. The quantitative estimate of drug-likeness (QED) is 0.346. The number of carbonyl (C=O) groups excluding carboxylic acids is 1. The lowest BCUT2D eigenvalue weighted by atomic mass is 10.1. The monoisotopic (exact) mass is 261 g/mol. The zero-order valence-corrected chi connectivity index (χ0v) is 10.2. The van der Waals surface area contributed by atoms with Crippen LogP contribution in [0.4, 0.5) is 4.79 Å². The summed E-state index contributed by atoms with van der Waals surface area (Å²) in [5.74, 6) is -2.35. The third-order valence-electron chi connectivity index (χ3n) is 2.14. The molecule has 0 rings (SSSR count). The summed E-state index contributed by atoms with van der Waals surface area (Å²) >= 11 is 0. The molecule has 0 saturated heterocycles. The van der Waals surface area contributed by atoms with E-state index in [2.05, 4.69) is 16.0 Å².